The first-order valence-corrected chi connectivity index (χ1v) is 6.97. The van der Waals surface area contributed by atoms with E-state index in [4.69, 9.17) is 5.26 Å². The lowest BCUT2D eigenvalue weighted by molar-refractivity contribution is -0.384. The molecular weight excluding hydrogens is 288 g/mol. The van der Waals surface area contributed by atoms with Crippen LogP contribution in [0.5, 0.6) is 0 Å². The number of hydrogen-bond donors (Lipinski definition) is 1. The molecule has 0 aromatic heterocycles. The minimum absolute atomic E-state index is 0.0286. The summed E-state index contributed by atoms with van der Waals surface area (Å²) in [5.41, 5.74) is 1.25. The molecule has 0 aliphatic heterocycles. The summed E-state index contributed by atoms with van der Waals surface area (Å²) in [4.78, 5) is 11.7. The summed E-state index contributed by atoms with van der Waals surface area (Å²) in [5.74, 6) is 0. The molecular formula is C15H12N2O3S. The second kappa shape index (κ2) is 6.39. The summed E-state index contributed by atoms with van der Waals surface area (Å²) in [6, 6.07) is 13.3. The Morgan fingerprint density at radius 2 is 1.95 bits per heavy atom. The summed E-state index contributed by atoms with van der Waals surface area (Å²) < 4.78 is 0. The van der Waals surface area contributed by atoms with E-state index in [-0.39, 0.29) is 5.69 Å². The van der Waals surface area contributed by atoms with Crippen LogP contribution >= 0.6 is 11.8 Å². The van der Waals surface area contributed by atoms with E-state index >= 15 is 0 Å². The van der Waals surface area contributed by atoms with Crippen molar-refractivity contribution in [1.29, 1.82) is 5.26 Å². The monoisotopic (exact) mass is 300 g/mol. The molecule has 21 heavy (non-hydrogen) atoms. The fraction of sp³-hybridized carbons (Fsp3) is 0.133. The molecule has 0 saturated heterocycles. The molecule has 106 valence electrons. The first kappa shape index (κ1) is 15.0. The number of nitro groups is 1. The van der Waals surface area contributed by atoms with Gasteiger partial charge in [-0.3, -0.25) is 10.1 Å². The number of aliphatic hydroxyl groups is 1. The van der Waals surface area contributed by atoms with Crippen molar-refractivity contribution in [3.63, 3.8) is 0 Å². The molecule has 1 atom stereocenters. The fourth-order valence-electron chi connectivity index (χ4n) is 1.80. The van der Waals surface area contributed by atoms with Crippen molar-refractivity contribution >= 4 is 17.4 Å². The molecule has 5 nitrogen and oxygen atoms in total. The fourth-order valence-corrected chi connectivity index (χ4v) is 2.87. The Morgan fingerprint density at radius 3 is 2.48 bits per heavy atom. The van der Waals surface area contributed by atoms with E-state index in [2.05, 4.69) is 6.07 Å². The van der Waals surface area contributed by atoms with Crippen LogP contribution in [0.25, 0.3) is 0 Å². The van der Waals surface area contributed by atoms with Gasteiger partial charge in [-0.2, -0.15) is 5.26 Å². The Hall–Kier alpha value is -2.36. The number of hydrogen-bond acceptors (Lipinski definition) is 5. The summed E-state index contributed by atoms with van der Waals surface area (Å²) in [6.07, 6.45) is -0.654. The topological polar surface area (TPSA) is 87.2 Å². The van der Waals surface area contributed by atoms with Gasteiger partial charge in [0.1, 0.15) is 0 Å². The molecule has 0 amide bonds. The van der Waals surface area contributed by atoms with Gasteiger partial charge in [-0.1, -0.05) is 17.8 Å². The molecule has 2 rings (SSSR count). The predicted molar refractivity (Wildman–Crippen MR) is 79.0 cm³/mol. The molecule has 0 aliphatic carbocycles. The second-order valence-corrected chi connectivity index (χ2v) is 5.51. The van der Waals surface area contributed by atoms with Crippen molar-refractivity contribution in [2.45, 2.75) is 22.8 Å². The SMILES string of the molecule is CC(O)c1ccc(C#N)cc1Sc1ccc([N+](=O)[O-])cc1. The maximum Gasteiger partial charge on any atom is 0.269 e. The zero-order valence-electron chi connectivity index (χ0n) is 11.2. The van der Waals surface area contributed by atoms with E-state index in [1.807, 2.05) is 0 Å². The van der Waals surface area contributed by atoms with Crippen LogP contribution in [0.3, 0.4) is 0 Å². The molecule has 0 bridgehead atoms. The molecule has 0 spiro atoms. The van der Waals surface area contributed by atoms with Gasteiger partial charge in [0.05, 0.1) is 22.7 Å². The standard InChI is InChI=1S/C15H12N2O3S/c1-10(18)14-7-2-11(9-16)8-15(14)21-13-5-3-12(4-6-13)17(19)20/h2-8,10,18H,1H3. The zero-order valence-corrected chi connectivity index (χ0v) is 12.0. The van der Waals surface area contributed by atoms with Crippen LogP contribution in [0, 0.1) is 21.4 Å². The van der Waals surface area contributed by atoms with Gasteiger partial charge in [0.25, 0.3) is 5.69 Å². The molecule has 0 aliphatic rings. The second-order valence-electron chi connectivity index (χ2n) is 4.39. The third-order valence-electron chi connectivity index (χ3n) is 2.87. The molecule has 1 unspecified atom stereocenters. The third-order valence-corrected chi connectivity index (χ3v) is 3.95. The number of non-ortho nitro benzene ring substituents is 1. The van der Waals surface area contributed by atoms with Crippen molar-refractivity contribution in [1.82, 2.24) is 0 Å². The van der Waals surface area contributed by atoms with E-state index in [9.17, 15) is 15.2 Å². The lowest BCUT2D eigenvalue weighted by Crippen LogP contribution is -1.95. The van der Waals surface area contributed by atoms with Crippen LogP contribution in [-0.2, 0) is 0 Å². The highest BCUT2D eigenvalue weighted by Crippen LogP contribution is 2.34. The van der Waals surface area contributed by atoms with Crippen molar-refractivity contribution in [3.05, 3.63) is 63.7 Å². The van der Waals surface area contributed by atoms with E-state index in [1.165, 1.54) is 23.9 Å². The molecule has 2 aromatic rings. The van der Waals surface area contributed by atoms with Crippen molar-refractivity contribution < 1.29 is 10.0 Å². The largest absolute Gasteiger partial charge is 0.389 e. The molecule has 2 aromatic carbocycles. The molecule has 0 radical (unpaired) electrons. The lowest BCUT2D eigenvalue weighted by atomic mass is 10.1. The summed E-state index contributed by atoms with van der Waals surface area (Å²) >= 11 is 1.36. The van der Waals surface area contributed by atoms with Crippen LogP contribution < -0.4 is 0 Å². The number of nitrogens with zero attached hydrogens (tertiary/aromatic N) is 2. The maximum atomic E-state index is 10.6. The Kier molecular flexibility index (Phi) is 4.58. The number of nitro benzene ring substituents is 1. The minimum Gasteiger partial charge on any atom is -0.389 e. The predicted octanol–water partition coefficient (Wildman–Crippen LogP) is 3.67. The highest BCUT2D eigenvalue weighted by Gasteiger charge is 2.11. The minimum atomic E-state index is -0.654. The highest BCUT2D eigenvalue weighted by atomic mass is 32.2. The summed E-state index contributed by atoms with van der Waals surface area (Å²) in [5, 5.41) is 29.4. The molecule has 0 saturated carbocycles. The normalized spacial score (nSPS) is 11.7. The molecule has 1 N–H and O–H groups in total. The molecule has 0 fully saturated rings. The van der Waals surface area contributed by atoms with Gasteiger partial charge in [-0.25, -0.2) is 0 Å². The van der Waals surface area contributed by atoms with Crippen molar-refractivity contribution in [2.75, 3.05) is 0 Å². The Balaban J connectivity index is 2.33. The van der Waals surface area contributed by atoms with Gasteiger partial charge in [-0.15, -0.1) is 0 Å². The lowest BCUT2D eigenvalue weighted by Gasteiger charge is -2.12. The zero-order chi connectivity index (χ0) is 15.4. The Bertz CT molecular complexity index is 706. The van der Waals surface area contributed by atoms with E-state index in [0.717, 1.165) is 15.4 Å². The van der Waals surface area contributed by atoms with Crippen LogP contribution in [0.4, 0.5) is 5.69 Å². The van der Waals surface area contributed by atoms with Gasteiger partial charge < -0.3 is 5.11 Å². The number of nitriles is 1. The maximum absolute atomic E-state index is 10.6. The highest BCUT2D eigenvalue weighted by molar-refractivity contribution is 7.99. The van der Waals surface area contributed by atoms with Crippen LogP contribution in [0.1, 0.15) is 24.2 Å². The first-order valence-electron chi connectivity index (χ1n) is 6.15. The number of rotatable bonds is 4. The summed E-state index contributed by atoms with van der Waals surface area (Å²) in [6.45, 7) is 1.65. The van der Waals surface area contributed by atoms with Gasteiger partial charge in [0.2, 0.25) is 0 Å². The van der Waals surface area contributed by atoms with Gasteiger partial charge >= 0.3 is 0 Å². The van der Waals surface area contributed by atoms with Crippen molar-refractivity contribution in [2.24, 2.45) is 0 Å². The van der Waals surface area contributed by atoms with E-state index in [1.54, 1.807) is 37.3 Å². The molecule has 6 heteroatoms. The molecule has 0 heterocycles. The van der Waals surface area contributed by atoms with Crippen LogP contribution in [0.15, 0.2) is 52.3 Å². The summed E-state index contributed by atoms with van der Waals surface area (Å²) in [7, 11) is 0. The Morgan fingerprint density at radius 1 is 1.29 bits per heavy atom. The quantitative estimate of drug-likeness (QED) is 0.687. The van der Waals surface area contributed by atoms with Gasteiger partial charge in [-0.05, 0) is 36.8 Å². The smallest absolute Gasteiger partial charge is 0.269 e. The average Bonchev–Trinajstić information content (AvgIpc) is 2.47. The van der Waals surface area contributed by atoms with Crippen LogP contribution in [0.2, 0.25) is 0 Å². The first-order chi connectivity index (χ1) is 10.0. The van der Waals surface area contributed by atoms with E-state index in [0.29, 0.717) is 5.56 Å². The number of benzene rings is 2. The van der Waals surface area contributed by atoms with E-state index < -0.39 is 11.0 Å². The average molecular weight is 300 g/mol. The third kappa shape index (κ3) is 3.60. The van der Waals surface area contributed by atoms with Crippen LogP contribution in [-0.4, -0.2) is 10.0 Å². The number of aliphatic hydroxyl groups excluding tert-OH is 1. The van der Waals surface area contributed by atoms with Gasteiger partial charge in [0, 0.05) is 21.9 Å². The van der Waals surface area contributed by atoms with Gasteiger partial charge in [0.15, 0.2) is 0 Å². The van der Waals surface area contributed by atoms with Crippen molar-refractivity contribution in [3.8, 4) is 6.07 Å². The Labute approximate surface area is 126 Å².